The van der Waals surface area contributed by atoms with E-state index in [1.54, 1.807) is 33.0 Å². The van der Waals surface area contributed by atoms with Gasteiger partial charge in [0.1, 0.15) is 0 Å². The van der Waals surface area contributed by atoms with E-state index >= 15 is 0 Å². The second-order valence-electron chi connectivity index (χ2n) is 8.62. The van der Waals surface area contributed by atoms with Crippen molar-refractivity contribution in [2.24, 2.45) is 0 Å². The first-order valence-corrected chi connectivity index (χ1v) is 12.0. The summed E-state index contributed by atoms with van der Waals surface area (Å²) < 4.78 is 27.3. The largest absolute Gasteiger partial charge is 0.353 e. The number of hydrogen-bond acceptors (Lipinski definition) is 5. The van der Waals surface area contributed by atoms with E-state index in [9.17, 15) is 18.0 Å². The predicted octanol–water partition coefficient (Wildman–Crippen LogP) is 1.79. The molecule has 1 heterocycles. The van der Waals surface area contributed by atoms with Crippen molar-refractivity contribution in [3.05, 3.63) is 24.3 Å². The van der Waals surface area contributed by atoms with Crippen LogP contribution in [-0.2, 0) is 19.6 Å². The zero-order valence-electron chi connectivity index (χ0n) is 18.0. The van der Waals surface area contributed by atoms with Gasteiger partial charge in [0, 0.05) is 31.9 Å². The molecule has 1 aromatic rings. The third kappa shape index (κ3) is 4.84. The lowest BCUT2D eigenvalue weighted by molar-refractivity contribution is -0.136. The molecule has 8 nitrogen and oxygen atoms in total. The van der Waals surface area contributed by atoms with Crippen molar-refractivity contribution >= 4 is 27.5 Å². The highest BCUT2D eigenvalue weighted by Gasteiger charge is 2.38. The number of amides is 2. The van der Waals surface area contributed by atoms with Crippen molar-refractivity contribution in [3.63, 3.8) is 0 Å². The summed E-state index contributed by atoms with van der Waals surface area (Å²) in [6.45, 7) is 4.77. The van der Waals surface area contributed by atoms with Crippen molar-refractivity contribution in [1.29, 1.82) is 0 Å². The maximum atomic E-state index is 12.9. The van der Waals surface area contributed by atoms with Gasteiger partial charge >= 0.3 is 0 Å². The molecule has 166 valence electrons. The van der Waals surface area contributed by atoms with E-state index < -0.39 is 15.6 Å². The number of carbonyl (C=O) groups is 2. The topological polar surface area (TPSA) is 98.8 Å². The van der Waals surface area contributed by atoms with E-state index in [1.807, 2.05) is 4.90 Å². The Labute approximate surface area is 179 Å². The second-order valence-corrected chi connectivity index (χ2v) is 10.6. The highest BCUT2D eigenvalue weighted by molar-refractivity contribution is 7.89. The van der Waals surface area contributed by atoms with Gasteiger partial charge in [-0.15, -0.1) is 0 Å². The van der Waals surface area contributed by atoms with Crippen LogP contribution in [0.2, 0.25) is 0 Å². The minimum absolute atomic E-state index is 0.0493. The number of hydrogen-bond donors (Lipinski definition) is 2. The Morgan fingerprint density at radius 1 is 1.20 bits per heavy atom. The molecule has 30 heavy (non-hydrogen) atoms. The lowest BCUT2D eigenvalue weighted by atomic mass is 9.96. The van der Waals surface area contributed by atoms with Crippen LogP contribution >= 0.6 is 0 Å². The van der Waals surface area contributed by atoms with E-state index in [4.69, 9.17) is 0 Å². The zero-order chi connectivity index (χ0) is 21.9. The fourth-order valence-electron chi connectivity index (χ4n) is 4.11. The van der Waals surface area contributed by atoms with Crippen LogP contribution in [0.3, 0.4) is 0 Å². The SMILES string of the molecule is CN(C1CCCCC1)S(=O)(=O)c1ccc(NC(=O)CN2CCNC(=O)C2(C)C)cc1. The highest BCUT2D eigenvalue weighted by Crippen LogP contribution is 2.27. The molecule has 0 atom stereocenters. The molecule has 1 aliphatic carbocycles. The highest BCUT2D eigenvalue weighted by atomic mass is 32.2. The number of rotatable bonds is 6. The third-order valence-corrected chi connectivity index (χ3v) is 8.18. The Hall–Kier alpha value is -1.97. The molecule has 0 unspecified atom stereocenters. The molecule has 1 saturated carbocycles. The van der Waals surface area contributed by atoms with Gasteiger partial charge in [0.2, 0.25) is 21.8 Å². The van der Waals surface area contributed by atoms with Crippen molar-refractivity contribution < 1.29 is 18.0 Å². The number of anilines is 1. The van der Waals surface area contributed by atoms with Crippen molar-refractivity contribution in [3.8, 4) is 0 Å². The molecule has 2 N–H and O–H groups in total. The van der Waals surface area contributed by atoms with E-state index in [-0.39, 0.29) is 29.3 Å². The van der Waals surface area contributed by atoms with Crippen molar-refractivity contribution in [2.75, 3.05) is 32.0 Å². The van der Waals surface area contributed by atoms with Gasteiger partial charge in [-0.25, -0.2) is 8.42 Å². The van der Waals surface area contributed by atoms with Gasteiger partial charge in [-0.05, 0) is 51.0 Å². The molecule has 2 fully saturated rings. The lowest BCUT2D eigenvalue weighted by Gasteiger charge is -2.40. The Bertz CT molecular complexity index is 877. The minimum Gasteiger partial charge on any atom is -0.353 e. The Balaban J connectivity index is 1.62. The van der Waals surface area contributed by atoms with E-state index in [0.717, 1.165) is 32.1 Å². The van der Waals surface area contributed by atoms with Crippen molar-refractivity contribution in [2.45, 2.75) is 62.4 Å². The van der Waals surface area contributed by atoms with Gasteiger partial charge in [-0.1, -0.05) is 19.3 Å². The smallest absolute Gasteiger partial charge is 0.243 e. The van der Waals surface area contributed by atoms with Crippen LogP contribution in [0.25, 0.3) is 0 Å². The van der Waals surface area contributed by atoms with Gasteiger partial charge in [0.15, 0.2) is 0 Å². The normalized spacial score (nSPS) is 20.7. The van der Waals surface area contributed by atoms with Crippen LogP contribution in [0, 0.1) is 0 Å². The average molecular weight is 437 g/mol. The number of benzene rings is 1. The third-order valence-electron chi connectivity index (χ3n) is 6.25. The number of carbonyl (C=O) groups excluding carboxylic acids is 2. The minimum atomic E-state index is -3.56. The summed E-state index contributed by atoms with van der Waals surface area (Å²) >= 11 is 0. The Kier molecular flexibility index (Phi) is 6.84. The summed E-state index contributed by atoms with van der Waals surface area (Å²) in [5, 5.41) is 5.60. The summed E-state index contributed by atoms with van der Waals surface area (Å²) in [5.41, 5.74) is -0.226. The molecule has 1 saturated heterocycles. The molecule has 0 bridgehead atoms. The molecule has 2 amide bonds. The van der Waals surface area contributed by atoms with Gasteiger partial charge in [-0.3, -0.25) is 14.5 Å². The molecular formula is C21H32N4O4S. The van der Waals surface area contributed by atoms with E-state index in [1.165, 1.54) is 16.4 Å². The molecule has 0 radical (unpaired) electrons. The van der Waals surface area contributed by atoms with E-state index in [2.05, 4.69) is 10.6 Å². The molecule has 0 aromatic heterocycles. The van der Waals surface area contributed by atoms with Gasteiger partial charge < -0.3 is 10.6 Å². The molecular weight excluding hydrogens is 404 g/mol. The quantitative estimate of drug-likeness (QED) is 0.708. The van der Waals surface area contributed by atoms with Gasteiger partial charge in [0.05, 0.1) is 17.0 Å². The van der Waals surface area contributed by atoms with Crippen LogP contribution in [0.15, 0.2) is 29.2 Å². The van der Waals surface area contributed by atoms with Crippen LogP contribution in [0.4, 0.5) is 5.69 Å². The number of piperazine rings is 1. The van der Waals surface area contributed by atoms with Crippen molar-refractivity contribution in [1.82, 2.24) is 14.5 Å². The van der Waals surface area contributed by atoms with Gasteiger partial charge in [0.25, 0.3) is 0 Å². The molecule has 1 aliphatic heterocycles. The van der Waals surface area contributed by atoms with Crippen LogP contribution in [0.5, 0.6) is 0 Å². The fraction of sp³-hybridized carbons (Fsp3) is 0.619. The lowest BCUT2D eigenvalue weighted by Crippen LogP contribution is -2.62. The Morgan fingerprint density at radius 2 is 1.83 bits per heavy atom. The summed E-state index contributed by atoms with van der Waals surface area (Å²) in [6, 6.07) is 6.32. The maximum absolute atomic E-state index is 12.9. The first kappa shape index (κ1) is 22.7. The zero-order valence-corrected chi connectivity index (χ0v) is 18.8. The Morgan fingerprint density at radius 3 is 2.47 bits per heavy atom. The first-order chi connectivity index (χ1) is 14.1. The number of nitrogens with zero attached hydrogens (tertiary/aromatic N) is 2. The van der Waals surface area contributed by atoms with Crippen LogP contribution in [-0.4, -0.2) is 67.7 Å². The van der Waals surface area contributed by atoms with Gasteiger partial charge in [-0.2, -0.15) is 4.31 Å². The molecule has 0 spiro atoms. The monoisotopic (exact) mass is 436 g/mol. The van der Waals surface area contributed by atoms with Crippen LogP contribution in [0.1, 0.15) is 46.0 Å². The summed E-state index contributed by atoms with van der Waals surface area (Å²) in [5.74, 6) is -0.342. The summed E-state index contributed by atoms with van der Waals surface area (Å²) in [7, 11) is -1.91. The summed E-state index contributed by atoms with van der Waals surface area (Å²) in [4.78, 5) is 26.5. The number of sulfonamides is 1. The fourth-order valence-corrected chi connectivity index (χ4v) is 5.53. The summed E-state index contributed by atoms with van der Waals surface area (Å²) in [6.07, 6.45) is 5.08. The number of nitrogens with one attached hydrogen (secondary N) is 2. The van der Waals surface area contributed by atoms with E-state index in [0.29, 0.717) is 18.8 Å². The molecule has 2 aliphatic rings. The second kappa shape index (κ2) is 9.03. The predicted molar refractivity (Wildman–Crippen MR) is 116 cm³/mol. The van der Waals surface area contributed by atoms with Crippen LogP contribution < -0.4 is 10.6 Å². The average Bonchev–Trinajstić information content (AvgIpc) is 2.72. The standard InChI is InChI=1S/C21H32N4O4S/c1-21(2)20(27)22-13-14-25(21)15-19(26)23-16-9-11-18(12-10-16)30(28,29)24(3)17-7-5-4-6-8-17/h9-12,17H,4-8,13-15H2,1-3H3,(H,22,27)(H,23,26). The molecule has 3 rings (SSSR count). The molecule has 9 heteroatoms. The maximum Gasteiger partial charge on any atom is 0.243 e. The first-order valence-electron chi connectivity index (χ1n) is 10.5. The molecule has 1 aromatic carbocycles.